The Kier molecular flexibility index (Phi) is 5.90. The summed E-state index contributed by atoms with van der Waals surface area (Å²) in [4.78, 5) is 27.2. The minimum atomic E-state index is -0.407. The number of amides is 2. The molecule has 2 aliphatic rings. The number of carbonyl (C=O) groups is 2. The number of methoxy groups -OCH3 is 2. The van der Waals surface area contributed by atoms with Gasteiger partial charge >= 0.3 is 0 Å². The van der Waals surface area contributed by atoms with Crippen molar-refractivity contribution in [3.05, 3.63) is 53.1 Å². The van der Waals surface area contributed by atoms with Crippen molar-refractivity contribution in [2.24, 2.45) is 0 Å². The van der Waals surface area contributed by atoms with E-state index in [-0.39, 0.29) is 11.8 Å². The molecule has 0 aliphatic carbocycles. The summed E-state index contributed by atoms with van der Waals surface area (Å²) in [6, 6.07) is 11.0. The van der Waals surface area contributed by atoms with Gasteiger partial charge in [-0.1, -0.05) is 6.07 Å². The Bertz CT molecular complexity index is 953. The van der Waals surface area contributed by atoms with Crippen molar-refractivity contribution in [2.45, 2.75) is 31.9 Å². The van der Waals surface area contributed by atoms with E-state index >= 15 is 0 Å². The minimum absolute atomic E-state index is 0.0661. The molecule has 0 aromatic heterocycles. The minimum Gasteiger partial charge on any atom is -0.493 e. The lowest BCUT2D eigenvalue weighted by Gasteiger charge is -2.30. The average molecular weight is 410 g/mol. The predicted octanol–water partition coefficient (Wildman–Crippen LogP) is 3.02. The topological polar surface area (TPSA) is 77.1 Å². The van der Waals surface area contributed by atoms with E-state index < -0.39 is 6.10 Å². The number of ether oxygens (including phenoxy) is 3. The third-order valence-corrected chi connectivity index (χ3v) is 5.60. The second-order valence-electron chi connectivity index (χ2n) is 7.52. The lowest BCUT2D eigenvalue weighted by atomic mass is 9.98. The van der Waals surface area contributed by atoms with Gasteiger partial charge in [-0.05, 0) is 60.7 Å². The van der Waals surface area contributed by atoms with Crippen molar-refractivity contribution < 1.29 is 23.8 Å². The SMILES string of the molecule is COc1cc2c(cc1OC)CN(C(=O)c1cccc(NC(=O)[C@@H]3CCCO3)c1)CC2. The van der Waals surface area contributed by atoms with Gasteiger partial charge in [-0.25, -0.2) is 0 Å². The number of hydrogen-bond donors (Lipinski definition) is 1. The van der Waals surface area contributed by atoms with E-state index in [0.717, 1.165) is 30.4 Å². The molecule has 0 bridgehead atoms. The molecule has 2 heterocycles. The molecule has 0 spiro atoms. The van der Waals surface area contributed by atoms with Crippen LogP contribution in [0.25, 0.3) is 0 Å². The number of fused-ring (bicyclic) bond motifs is 1. The maximum atomic E-state index is 13.1. The van der Waals surface area contributed by atoms with E-state index in [4.69, 9.17) is 14.2 Å². The first kappa shape index (κ1) is 20.2. The number of benzene rings is 2. The van der Waals surface area contributed by atoms with Crippen LogP contribution in [0, 0.1) is 0 Å². The summed E-state index contributed by atoms with van der Waals surface area (Å²) < 4.78 is 16.2. The van der Waals surface area contributed by atoms with Gasteiger partial charge in [0.2, 0.25) is 0 Å². The summed E-state index contributed by atoms with van der Waals surface area (Å²) in [7, 11) is 3.22. The quantitative estimate of drug-likeness (QED) is 0.820. The zero-order valence-electron chi connectivity index (χ0n) is 17.3. The second-order valence-corrected chi connectivity index (χ2v) is 7.52. The van der Waals surface area contributed by atoms with Crippen LogP contribution in [-0.2, 0) is 22.5 Å². The summed E-state index contributed by atoms with van der Waals surface area (Å²) in [5.74, 6) is 1.13. The molecule has 2 amide bonds. The Balaban J connectivity index is 1.48. The van der Waals surface area contributed by atoms with Crippen LogP contribution in [0.4, 0.5) is 5.69 Å². The Labute approximate surface area is 175 Å². The predicted molar refractivity (Wildman–Crippen MR) is 112 cm³/mol. The summed E-state index contributed by atoms with van der Waals surface area (Å²) >= 11 is 0. The van der Waals surface area contributed by atoms with Crippen LogP contribution in [0.5, 0.6) is 11.5 Å². The van der Waals surface area contributed by atoms with Crippen molar-refractivity contribution in [1.82, 2.24) is 4.90 Å². The zero-order chi connectivity index (χ0) is 21.1. The molecule has 7 heteroatoms. The number of carbonyl (C=O) groups excluding carboxylic acids is 2. The number of anilines is 1. The number of nitrogens with zero attached hydrogens (tertiary/aromatic N) is 1. The lowest BCUT2D eigenvalue weighted by molar-refractivity contribution is -0.124. The first-order chi connectivity index (χ1) is 14.6. The Morgan fingerprint density at radius 2 is 1.87 bits per heavy atom. The van der Waals surface area contributed by atoms with E-state index in [1.54, 1.807) is 38.5 Å². The highest BCUT2D eigenvalue weighted by Gasteiger charge is 2.25. The average Bonchev–Trinajstić information content (AvgIpc) is 3.32. The molecular formula is C23H26N2O5. The molecule has 158 valence electrons. The van der Waals surface area contributed by atoms with E-state index in [9.17, 15) is 9.59 Å². The number of rotatable bonds is 5. The number of nitrogens with one attached hydrogen (secondary N) is 1. The van der Waals surface area contributed by atoms with E-state index in [1.165, 1.54) is 0 Å². The van der Waals surface area contributed by atoms with Crippen molar-refractivity contribution >= 4 is 17.5 Å². The van der Waals surface area contributed by atoms with E-state index in [0.29, 0.717) is 42.4 Å². The van der Waals surface area contributed by atoms with Gasteiger partial charge in [0.05, 0.1) is 14.2 Å². The summed E-state index contributed by atoms with van der Waals surface area (Å²) in [6.07, 6.45) is 1.96. The fraction of sp³-hybridized carbons (Fsp3) is 0.391. The lowest BCUT2D eigenvalue weighted by Crippen LogP contribution is -2.36. The van der Waals surface area contributed by atoms with Crippen LogP contribution in [-0.4, -0.2) is 50.2 Å². The molecule has 30 heavy (non-hydrogen) atoms. The fourth-order valence-corrected chi connectivity index (χ4v) is 3.98. The van der Waals surface area contributed by atoms with Gasteiger partial charge in [0.1, 0.15) is 6.10 Å². The first-order valence-corrected chi connectivity index (χ1v) is 10.1. The Morgan fingerprint density at radius 1 is 1.10 bits per heavy atom. The maximum absolute atomic E-state index is 13.1. The Morgan fingerprint density at radius 3 is 2.57 bits per heavy atom. The van der Waals surface area contributed by atoms with Gasteiger partial charge in [0.15, 0.2) is 11.5 Å². The van der Waals surface area contributed by atoms with Gasteiger partial charge in [0, 0.05) is 30.9 Å². The molecule has 2 aromatic carbocycles. The van der Waals surface area contributed by atoms with E-state index in [1.807, 2.05) is 17.0 Å². The zero-order valence-corrected chi connectivity index (χ0v) is 17.3. The molecule has 7 nitrogen and oxygen atoms in total. The molecule has 2 aliphatic heterocycles. The molecule has 1 atom stereocenters. The van der Waals surface area contributed by atoms with Gasteiger partial charge < -0.3 is 24.4 Å². The summed E-state index contributed by atoms with van der Waals surface area (Å²) in [5, 5.41) is 2.86. The highest BCUT2D eigenvalue weighted by atomic mass is 16.5. The van der Waals surface area contributed by atoms with Crippen LogP contribution in [0.3, 0.4) is 0 Å². The van der Waals surface area contributed by atoms with Gasteiger partial charge in [-0.2, -0.15) is 0 Å². The van der Waals surface area contributed by atoms with Gasteiger partial charge in [-0.15, -0.1) is 0 Å². The molecule has 0 saturated carbocycles. The molecule has 1 saturated heterocycles. The van der Waals surface area contributed by atoms with Crippen LogP contribution in [0.2, 0.25) is 0 Å². The van der Waals surface area contributed by atoms with Crippen LogP contribution in [0.15, 0.2) is 36.4 Å². The van der Waals surface area contributed by atoms with Crippen molar-refractivity contribution in [3.63, 3.8) is 0 Å². The molecule has 1 fully saturated rings. The Hall–Kier alpha value is -3.06. The summed E-state index contributed by atoms with van der Waals surface area (Å²) in [5.41, 5.74) is 3.36. The monoisotopic (exact) mass is 410 g/mol. The van der Waals surface area contributed by atoms with Crippen molar-refractivity contribution in [3.8, 4) is 11.5 Å². The van der Waals surface area contributed by atoms with E-state index in [2.05, 4.69) is 5.32 Å². The first-order valence-electron chi connectivity index (χ1n) is 10.1. The third kappa shape index (κ3) is 4.11. The van der Waals surface area contributed by atoms with Crippen molar-refractivity contribution in [1.29, 1.82) is 0 Å². The van der Waals surface area contributed by atoms with Crippen molar-refractivity contribution in [2.75, 3.05) is 32.7 Å². The molecular weight excluding hydrogens is 384 g/mol. The highest BCUT2D eigenvalue weighted by molar-refractivity contribution is 5.98. The molecule has 4 rings (SSSR count). The van der Waals surface area contributed by atoms with Crippen LogP contribution in [0.1, 0.15) is 34.3 Å². The largest absolute Gasteiger partial charge is 0.493 e. The smallest absolute Gasteiger partial charge is 0.254 e. The van der Waals surface area contributed by atoms with Gasteiger partial charge in [0.25, 0.3) is 11.8 Å². The third-order valence-electron chi connectivity index (χ3n) is 5.60. The fourth-order valence-electron chi connectivity index (χ4n) is 3.98. The molecule has 1 N–H and O–H groups in total. The molecule has 0 radical (unpaired) electrons. The highest BCUT2D eigenvalue weighted by Crippen LogP contribution is 2.33. The second kappa shape index (κ2) is 8.75. The normalized spacial score (nSPS) is 17.9. The van der Waals surface area contributed by atoms with Crippen LogP contribution < -0.4 is 14.8 Å². The van der Waals surface area contributed by atoms with Crippen LogP contribution >= 0.6 is 0 Å². The number of hydrogen-bond acceptors (Lipinski definition) is 5. The molecule has 2 aromatic rings. The summed E-state index contributed by atoms with van der Waals surface area (Å²) in [6.45, 7) is 1.73. The maximum Gasteiger partial charge on any atom is 0.254 e. The standard InChI is InChI=1S/C23H26N2O5/c1-28-20-12-15-8-9-25(14-17(15)13-21(20)29-2)23(27)16-5-3-6-18(11-16)24-22(26)19-7-4-10-30-19/h3,5-6,11-13,19H,4,7-10,14H2,1-2H3,(H,24,26)/t19-/m0/s1. The van der Waals surface area contributed by atoms with Gasteiger partial charge in [-0.3, -0.25) is 9.59 Å². The molecule has 0 unspecified atom stereocenters.